The number of carbonyl (C=O) groups is 1. The third-order valence-electron chi connectivity index (χ3n) is 5.78. The Bertz CT molecular complexity index is 798. The van der Waals surface area contributed by atoms with Gasteiger partial charge in [-0.05, 0) is 60.4 Å². The lowest BCUT2D eigenvalue weighted by atomic mass is 9.95. The van der Waals surface area contributed by atoms with Crippen molar-refractivity contribution in [3.63, 3.8) is 0 Å². The molecule has 1 amide bonds. The Labute approximate surface area is 143 Å². The van der Waals surface area contributed by atoms with E-state index in [0.29, 0.717) is 18.4 Å². The van der Waals surface area contributed by atoms with Gasteiger partial charge < -0.3 is 10.6 Å². The van der Waals surface area contributed by atoms with Crippen LogP contribution in [0, 0.1) is 25.7 Å². The Morgan fingerprint density at radius 2 is 1.96 bits per heavy atom. The van der Waals surface area contributed by atoms with Crippen LogP contribution in [-0.4, -0.2) is 29.9 Å². The van der Waals surface area contributed by atoms with Gasteiger partial charge in [0.15, 0.2) is 0 Å². The minimum atomic E-state index is 0.131. The molecule has 0 bridgehead atoms. The number of rotatable bonds is 3. The molecule has 24 heavy (non-hydrogen) atoms. The maximum Gasteiger partial charge on any atom is 0.254 e. The smallest absolute Gasteiger partial charge is 0.254 e. The first kappa shape index (κ1) is 15.4. The highest BCUT2D eigenvalue weighted by Crippen LogP contribution is 2.49. The van der Waals surface area contributed by atoms with E-state index in [1.807, 2.05) is 29.2 Å². The second-order valence-corrected chi connectivity index (χ2v) is 7.26. The third-order valence-corrected chi connectivity index (χ3v) is 5.78. The number of nitrogens with zero attached hydrogens (tertiary/aromatic N) is 1. The number of piperidine rings is 1. The number of likely N-dealkylation sites (tertiary alicyclic amines) is 1. The maximum atomic E-state index is 13.2. The van der Waals surface area contributed by atoms with E-state index in [1.54, 1.807) is 0 Å². The highest BCUT2D eigenvalue weighted by Gasteiger charge is 2.53. The normalized spacial score (nSPS) is 24.8. The fourth-order valence-electron chi connectivity index (χ4n) is 4.09. The number of carbonyl (C=O) groups excluding carboxylic acids is 1. The van der Waals surface area contributed by atoms with E-state index >= 15 is 0 Å². The molecule has 0 unspecified atom stereocenters. The molecule has 3 heteroatoms. The summed E-state index contributed by atoms with van der Waals surface area (Å²) in [5.41, 5.74) is 11.4. The van der Waals surface area contributed by atoms with Gasteiger partial charge >= 0.3 is 0 Å². The molecule has 2 fully saturated rings. The van der Waals surface area contributed by atoms with Crippen LogP contribution in [0.15, 0.2) is 42.5 Å². The second-order valence-electron chi connectivity index (χ2n) is 7.26. The minimum absolute atomic E-state index is 0.131. The van der Waals surface area contributed by atoms with Crippen LogP contribution in [0.5, 0.6) is 0 Å². The number of fused-ring (bicyclic) bond motifs is 1. The Morgan fingerprint density at radius 1 is 1.17 bits per heavy atom. The van der Waals surface area contributed by atoms with Gasteiger partial charge in [-0.25, -0.2) is 0 Å². The van der Waals surface area contributed by atoms with Crippen molar-refractivity contribution >= 4 is 5.91 Å². The number of benzene rings is 2. The Morgan fingerprint density at radius 3 is 2.71 bits per heavy atom. The molecule has 0 radical (unpaired) electrons. The maximum absolute atomic E-state index is 13.2. The Kier molecular flexibility index (Phi) is 3.69. The number of hydrogen-bond donors (Lipinski definition) is 1. The van der Waals surface area contributed by atoms with Crippen LogP contribution < -0.4 is 5.73 Å². The average Bonchev–Trinajstić information content (AvgIpc) is 3.27. The molecular formula is C21H24N2O. The molecule has 2 aromatic rings. The van der Waals surface area contributed by atoms with Gasteiger partial charge in [0.25, 0.3) is 5.91 Å². The minimum Gasteiger partial charge on any atom is -0.334 e. The van der Waals surface area contributed by atoms with Crippen LogP contribution >= 0.6 is 0 Å². The van der Waals surface area contributed by atoms with Gasteiger partial charge in [0.05, 0.1) is 0 Å². The Hall–Kier alpha value is -2.13. The van der Waals surface area contributed by atoms with E-state index in [0.717, 1.165) is 23.2 Å². The van der Waals surface area contributed by atoms with Gasteiger partial charge in [-0.2, -0.15) is 0 Å². The molecule has 3 atom stereocenters. The van der Waals surface area contributed by atoms with Crippen LogP contribution in [0.1, 0.15) is 27.9 Å². The monoisotopic (exact) mass is 320 g/mol. The van der Waals surface area contributed by atoms with Crippen molar-refractivity contribution in [2.45, 2.75) is 26.3 Å². The molecule has 1 aliphatic heterocycles. The summed E-state index contributed by atoms with van der Waals surface area (Å²) < 4.78 is 0. The number of aryl methyl sites for hydroxylation is 2. The molecule has 1 heterocycles. The fraction of sp³-hybridized carbons (Fsp3) is 0.381. The van der Waals surface area contributed by atoms with Gasteiger partial charge in [-0.1, -0.05) is 36.4 Å². The number of nitrogens with two attached hydrogens (primary N) is 1. The first-order chi connectivity index (χ1) is 11.6. The van der Waals surface area contributed by atoms with Crippen molar-refractivity contribution < 1.29 is 4.79 Å². The first-order valence-corrected chi connectivity index (χ1v) is 8.78. The van der Waals surface area contributed by atoms with Gasteiger partial charge in [0, 0.05) is 24.7 Å². The molecule has 124 valence electrons. The molecule has 2 aromatic carbocycles. The largest absolute Gasteiger partial charge is 0.334 e. The predicted octanol–water partition coefficient (Wildman–Crippen LogP) is 3.39. The summed E-state index contributed by atoms with van der Waals surface area (Å²) in [5.74, 6) is 1.44. The van der Waals surface area contributed by atoms with Gasteiger partial charge in [0.1, 0.15) is 0 Å². The third kappa shape index (κ3) is 2.44. The van der Waals surface area contributed by atoms with Crippen molar-refractivity contribution in [2.75, 3.05) is 13.1 Å². The van der Waals surface area contributed by atoms with E-state index in [9.17, 15) is 4.79 Å². The SMILES string of the molecule is Cc1ccc(-c2ccccc2C(=O)N2C[C@@H]3C[C@@H]3[C@H]2CN)cc1C. The van der Waals surface area contributed by atoms with Crippen LogP contribution in [0.2, 0.25) is 0 Å². The molecule has 1 saturated carbocycles. The van der Waals surface area contributed by atoms with E-state index in [-0.39, 0.29) is 11.9 Å². The molecule has 3 nitrogen and oxygen atoms in total. The first-order valence-electron chi connectivity index (χ1n) is 8.78. The number of hydrogen-bond acceptors (Lipinski definition) is 2. The molecule has 2 aliphatic rings. The highest BCUT2D eigenvalue weighted by atomic mass is 16.2. The van der Waals surface area contributed by atoms with Crippen LogP contribution in [0.25, 0.3) is 11.1 Å². The molecule has 2 N–H and O–H groups in total. The zero-order chi connectivity index (χ0) is 16.8. The summed E-state index contributed by atoms with van der Waals surface area (Å²) >= 11 is 0. The molecule has 0 spiro atoms. The lowest BCUT2D eigenvalue weighted by Crippen LogP contribution is -2.42. The van der Waals surface area contributed by atoms with Crippen LogP contribution in [0.4, 0.5) is 0 Å². The standard InChI is InChI=1S/C21H24N2O/c1-13-7-8-15(9-14(13)2)17-5-3-4-6-18(17)21(24)23-12-16-10-19(16)20(23)11-22/h3-9,16,19-20H,10-12,22H2,1-2H3/t16-,19-,20+/m0/s1. The highest BCUT2D eigenvalue weighted by molar-refractivity contribution is 6.01. The van der Waals surface area contributed by atoms with Crippen molar-refractivity contribution in [2.24, 2.45) is 17.6 Å². The van der Waals surface area contributed by atoms with Gasteiger partial charge in [-0.3, -0.25) is 4.79 Å². The van der Waals surface area contributed by atoms with E-state index < -0.39 is 0 Å². The van der Waals surface area contributed by atoms with Crippen LogP contribution in [-0.2, 0) is 0 Å². The summed E-state index contributed by atoms with van der Waals surface area (Å²) in [4.78, 5) is 15.2. The summed E-state index contributed by atoms with van der Waals surface area (Å²) in [6, 6.07) is 14.6. The zero-order valence-electron chi connectivity index (χ0n) is 14.3. The van der Waals surface area contributed by atoms with Crippen molar-refractivity contribution in [3.05, 3.63) is 59.2 Å². The topological polar surface area (TPSA) is 46.3 Å². The van der Waals surface area contributed by atoms with Gasteiger partial charge in [-0.15, -0.1) is 0 Å². The molecule has 1 aliphatic carbocycles. The lowest BCUT2D eigenvalue weighted by Gasteiger charge is -2.27. The van der Waals surface area contributed by atoms with Crippen molar-refractivity contribution in [1.82, 2.24) is 4.90 Å². The fourth-order valence-corrected chi connectivity index (χ4v) is 4.09. The van der Waals surface area contributed by atoms with E-state index in [1.165, 1.54) is 17.5 Å². The zero-order valence-corrected chi connectivity index (χ0v) is 14.3. The van der Waals surface area contributed by atoms with Gasteiger partial charge in [0.2, 0.25) is 0 Å². The van der Waals surface area contributed by atoms with Crippen LogP contribution in [0.3, 0.4) is 0 Å². The van der Waals surface area contributed by atoms with Crippen molar-refractivity contribution in [1.29, 1.82) is 0 Å². The van der Waals surface area contributed by atoms with E-state index in [2.05, 4.69) is 32.0 Å². The molecule has 0 aromatic heterocycles. The predicted molar refractivity (Wildman–Crippen MR) is 96.8 cm³/mol. The second kappa shape index (κ2) is 5.75. The van der Waals surface area contributed by atoms with E-state index in [4.69, 9.17) is 5.73 Å². The summed E-state index contributed by atoms with van der Waals surface area (Å²) in [7, 11) is 0. The average molecular weight is 320 g/mol. The molecule has 4 rings (SSSR count). The number of amides is 1. The lowest BCUT2D eigenvalue weighted by molar-refractivity contribution is 0.0713. The summed E-state index contributed by atoms with van der Waals surface area (Å²) in [6.45, 7) is 5.66. The molecular weight excluding hydrogens is 296 g/mol. The van der Waals surface area contributed by atoms with Crippen molar-refractivity contribution in [3.8, 4) is 11.1 Å². The quantitative estimate of drug-likeness (QED) is 0.942. The Balaban J connectivity index is 1.71. The molecule has 1 saturated heterocycles. The summed E-state index contributed by atoms with van der Waals surface area (Å²) in [5, 5.41) is 0. The summed E-state index contributed by atoms with van der Waals surface area (Å²) in [6.07, 6.45) is 1.24.